The molecular weight excluding hydrogens is 330 g/mol. The fraction of sp³-hybridized carbons (Fsp3) is 0.250. The number of carbonyl (C=O) groups is 1. The van der Waals surface area contributed by atoms with Crippen LogP contribution in [0.3, 0.4) is 0 Å². The number of amides is 1. The highest BCUT2D eigenvalue weighted by Gasteiger charge is 2.15. The zero-order valence-corrected chi connectivity index (χ0v) is 13.9. The third-order valence-electron chi connectivity index (χ3n) is 3.25. The summed E-state index contributed by atoms with van der Waals surface area (Å²) in [6, 6.07) is 9.68. The number of hydrogen-bond acceptors (Lipinski definition) is 3. The van der Waals surface area contributed by atoms with Gasteiger partial charge in [0.1, 0.15) is 0 Å². The number of anilines is 1. The van der Waals surface area contributed by atoms with Gasteiger partial charge in [-0.2, -0.15) is 0 Å². The third kappa shape index (κ3) is 3.82. The van der Waals surface area contributed by atoms with Crippen LogP contribution < -0.4 is 10.6 Å². The van der Waals surface area contributed by atoms with Crippen molar-refractivity contribution < 1.29 is 4.79 Å². The number of rotatable bonds is 4. The van der Waals surface area contributed by atoms with E-state index in [1.54, 1.807) is 13.2 Å². The van der Waals surface area contributed by atoms with E-state index in [0.717, 1.165) is 21.4 Å². The molecule has 0 spiro atoms. The van der Waals surface area contributed by atoms with Crippen molar-refractivity contribution in [2.24, 2.45) is 0 Å². The van der Waals surface area contributed by atoms with Crippen molar-refractivity contribution >= 4 is 27.5 Å². The summed E-state index contributed by atoms with van der Waals surface area (Å²) in [6.45, 7) is 3.85. The molecule has 5 heteroatoms. The molecule has 2 aromatic rings. The molecule has 1 heterocycles. The standard InChI is InChI=1S/C16H18BrN3O/c1-10-7-15(18-3)14(9-19-10)16(21)20-11(2)12-5-4-6-13(17)8-12/h4-9,11H,1-3H3,(H,18,19)(H,20,21). The Morgan fingerprint density at radius 1 is 1.33 bits per heavy atom. The van der Waals surface area contributed by atoms with Crippen LogP contribution in [-0.4, -0.2) is 17.9 Å². The molecular formula is C16H18BrN3O. The van der Waals surface area contributed by atoms with Crippen molar-refractivity contribution in [2.45, 2.75) is 19.9 Å². The van der Waals surface area contributed by atoms with Gasteiger partial charge < -0.3 is 10.6 Å². The first-order chi connectivity index (χ1) is 10.0. The van der Waals surface area contributed by atoms with Crippen LogP contribution in [0.4, 0.5) is 5.69 Å². The number of hydrogen-bond donors (Lipinski definition) is 2. The van der Waals surface area contributed by atoms with E-state index >= 15 is 0 Å². The highest BCUT2D eigenvalue weighted by Crippen LogP contribution is 2.20. The molecule has 1 aromatic heterocycles. The van der Waals surface area contributed by atoms with E-state index in [2.05, 4.69) is 31.5 Å². The SMILES string of the molecule is CNc1cc(C)ncc1C(=O)NC(C)c1cccc(Br)c1. The second kappa shape index (κ2) is 6.72. The van der Waals surface area contributed by atoms with E-state index in [-0.39, 0.29) is 11.9 Å². The summed E-state index contributed by atoms with van der Waals surface area (Å²) in [5, 5.41) is 6.03. The molecule has 4 nitrogen and oxygen atoms in total. The summed E-state index contributed by atoms with van der Waals surface area (Å²) in [7, 11) is 1.79. The highest BCUT2D eigenvalue weighted by molar-refractivity contribution is 9.10. The maximum atomic E-state index is 12.4. The van der Waals surface area contributed by atoms with Crippen LogP contribution in [0, 0.1) is 6.92 Å². The second-order valence-corrected chi connectivity index (χ2v) is 5.79. The number of halogens is 1. The quantitative estimate of drug-likeness (QED) is 0.886. The van der Waals surface area contributed by atoms with Crippen LogP contribution in [0.2, 0.25) is 0 Å². The van der Waals surface area contributed by atoms with Crippen molar-refractivity contribution in [3.8, 4) is 0 Å². The zero-order chi connectivity index (χ0) is 15.4. The van der Waals surface area contributed by atoms with Crippen LogP contribution in [-0.2, 0) is 0 Å². The van der Waals surface area contributed by atoms with E-state index in [1.807, 2.05) is 44.2 Å². The Balaban J connectivity index is 2.18. The van der Waals surface area contributed by atoms with Gasteiger partial charge in [-0.1, -0.05) is 28.1 Å². The second-order valence-electron chi connectivity index (χ2n) is 4.87. The minimum atomic E-state index is -0.140. The zero-order valence-electron chi connectivity index (χ0n) is 12.3. The molecule has 0 radical (unpaired) electrons. The lowest BCUT2D eigenvalue weighted by molar-refractivity contribution is 0.0940. The number of nitrogens with one attached hydrogen (secondary N) is 2. The molecule has 0 aliphatic carbocycles. The molecule has 2 rings (SSSR count). The fourth-order valence-corrected chi connectivity index (χ4v) is 2.50. The van der Waals surface area contributed by atoms with Crippen molar-refractivity contribution in [2.75, 3.05) is 12.4 Å². The van der Waals surface area contributed by atoms with Gasteiger partial charge >= 0.3 is 0 Å². The minimum absolute atomic E-state index is 0.0824. The molecule has 110 valence electrons. The predicted octanol–water partition coefficient (Wildman–Crippen LogP) is 3.69. The summed E-state index contributed by atoms with van der Waals surface area (Å²) < 4.78 is 0.994. The first-order valence-electron chi connectivity index (χ1n) is 6.72. The molecule has 0 saturated carbocycles. The van der Waals surface area contributed by atoms with Gasteiger partial charge in [-0.05, 0) is 37.6 Å². The summed E-state index contributed by atoms with van der Waals surface area (Å²) in [5.74, 6) is -0.140. The number of benzene rings is 1. The summed E-state index contributed by atoms with van der Waals surface area (Å²) in [4.78, 5) is 16.6. The molecule has 1 unspecified atom stereocenters. The van der Waals surface area contributed by atoms with E-state index in [4.69, 9.17) is 0 Å². The van der Waals surface area contributed by atoms with Gasteiger partial charge in [0.15, 0.2) is 0 Å². The van der Waals surface area contributed by atoms with Crippen molar-refractivity contribution in [1.29, 1.82) is 0 Å². The Kier molecular flexibility index (Phi) is 4.96. The molecule has 1 amide bonds. The van der Waals surface area contributed by atoms with Gasteiger partial charge in [-0.3, -0.25) is 9.78 Å². The topological polar surface area (TPSA) is 54.0 Å². The summed E-state index contributed by atoms with van der Waals surface area (Å²) in [6.07, 6.45) is 1.60. The van der Waals surface area contributed by atoms with Crippen molar-refractivity contribution in [3.63, 3.8) is 0 Å². The molecule has 21 heavy (non-hydrogen) atoms. The maximum absolute atomic E-state index is 12.4. The first kappa shape index (κ1) is 15.5. The van der Waals surface area contributed by atoms with Crippen LogP contribution >= 0.6 is 15.9 Å². The Morgan fingerprint density at radius 3 is 2.76 bits per heavy atom. The molecule has 0 fully saturated rings. The van der Waals surface area contributed by atoms with Gasteiger partial charge in [0, 0.05) is 23.4 Å². The van der Waals surface area contributed by atoms with Crippen LogP contribution in [0.1, 0.15) is 34.6 Å². The van der Waals surface area contributed by atoms with Gasteiger partial charge in [0.2, 0.25) is 0 Å². The van der Waals surface area contributed by atoms with Gasteiger partial charge in [0.05, 0.1) is 17.3 Å². The molecule has 1 atom stereocenters. The average molecular weight is 348 g/mol. The Labute approximate surface area is 133 Å². The first-order valence-corrected chi connectivity index (χ1v) is 7.51. The number of aromatic nitrogens is 1. The van der Waals surface area contributed by atoms with E-state index in [1.165, 1.54) is 0 Å². The molecule has 0 aliphatic heterocycles. The van der Waals surface area contributed by atoms with E-state index in [0.29, 0.717) is 5.56 Å². The van der Waals surface area contributed by atoms with E-state index < -0.39 is 0 Å². The molecule has 0 aliphatic rings. The lowest BCUT2D eigenvalue weighted by atomic mass is 10.1. The Bertz CT molecular complexity index is 658. The average Bonchev–Trinajstić information content (AvgIpc) is 2.46. The Morgan fingerprint density at radius 2 is 2.10 bits per heavy atom. The predicted molar refractivity (Wildman–Crippen MR) is 88.5 cm³/mol. The third-order valence-corrected chi connectivity index (χ3v) is 3.74. The summed E-state index contributed by atoms with van der Waals surface area (Å²) in [5.41, 5.74) is 3.24. The largest absolute Gasteiger partial charge is 0.387 e. The van der Waals surface area contributed by atoms with Gasteiger partial charge in [0.25, 0.3) is 5.91 Å². The van der Waals surface area contributed by atoms with Crippen LogP contribution in [0.5, 0.6) is 0 Å². The van der Waals surface area contributed by atoms with E-state index in [9.17, 15) is 4.79 Å². The number of pyridine rings is 1. The molecule has 0 saturated heterocycles. The smallest absolute Gasteiger partial charge is 0.255 e. The summed E-state index contributed by atoms with van der Waals surface area (Å²) >= 11 is 3.44. The monoisotopic (exact) mass is 347 g/mol. The maximum Gasteiger partial charge on any atom is 0.255 e. The number of nitrogens with zero attached hydrogens (tertiary/aromatic N) is 1. The van der Waals surface area contributed by atoms with Gasteiger partial charge in [-0.15, -0.1) is 0 Å². The molecule has 1 aromatic carbocycles. The normalized spacial score (nSPS) is 11.8. The van der Waals surface area contributed by atoms with Gasteiger partial charge in [-0.25, -0.2) is 0 Å². The van der Waals surface area contributed by atoms with Crippen molar-refractivity contribution in [3.05, 3.63) is 57.8 Å². The van der Waals surface area contributed by atoms with Crippen LogP contribution in [0.15, 0.2) is 41.0 Å². The lowest BCUT2D eigenvalue weighted by Crippen LogP contribution is -2.27. The lowest BCUT2D eigenvalue weighted by Gasteiger charge is -2.16. The number of aryl methyl sites for hydroxylation is 1. The minimum Gasteiger partial charge on any atom is -0.387 e. The molecule has 2 N–H and O–H groups in total. The molecule has 0 bridgehead atoms. The highest BCUT2D eigenvalue weighted by atomic mass is 79.9. The number of carbonyl (C=O) groups excluding carboxylic acids is 1. The Hall–Kier alpha value is -1.88. The van der Waals surface area contributed by atoms with Crippen molar-refractivity contribution in [1.82, 2.24) is 10.3 Å². The fourth-order valence-electron chi connectivity index (χ4n) is 2.08. The van der Waals surface area contributed by atoms with Crippen LogP contribution in [0.25, 0.3) is 0 Å².